The Hall–Kier alpha value is -2.57. The van der Waals surface area contributed by atoms with E-state index in [2.05, 4.69) is 10.6 Å². The highest BCUT2D eigenvalue weighted by atomic mass is 16.5. The fraction of sp³-hybridized carbons (Fsp3) is 0.500. The van der Waals surface area contributed by atoms with Gasteiger partial charge in [-0.2, -0.15) is 0 Å². The van der Waals surface area contributed by atoms with Gasteiger partial charge in [0.25, 0.3) is 0 Å². The smallest absolute Gasteiger partial charge is 0.311 e. The van der Waals surface area contributed by atoms with E-state index >= 15 is 0 Å². The number of aliphatic carboxylic acids is 1. The molecule has 25 heavy (non-hydrogen) atoms. The number of fused-ring (bicyclic) bond motifs is 1. The quantitative estimate of drug-likeness (QED) is 0.622. The van der Waals surface area contributed by atoms with Crippen LogP contribution in [0.3, 0.4) is 0 Å². The van der Waals surface area contributed by atoms with E-state index in [0.29, 0.717) is 45.1 Å². The van der Waals surface area contributed by atoms with Gasteiger partial charge < -0.3 is 20.5 Å². The monoisotopic (exact) mass is 346 g/mol. The van der Waals surface area contributed by atoms with E-state index in [0.717, 1.165) is 17.0 Å². The molecule has 0 spiro atoms. The number of anilines is 1. The number of carbonyl (C=O) groups excluding carboxylic acids is 2. The van der Waals surface area contributed by atoms with Crippen molar-refractivity contribution in [1.29, 1.82) is 0 Å². The molecule has 1 fully saturated rings. The fourth-order valence-electron chi connectivity index (χ4n) is 2.85. The third-order valence-corrected chi connectivity index (χ3v) is 4.72. The minimum Gasteiger partial charge on any atom is -0.494 e. The molecule has 134 valence electrons. The first kappa shape index (κ1) is 17.3. The molecule has 0 atom stereocenters. The highest BCUT2D eigenvalue weighted by Crippen LogP contribution is 2.45. The Morgan fingerprint density at radius 2 is 2.08 bits per heavy atom. The Morgan fingerprint density at radius 1 is 1.28 bits per heavy atom. The average molecular weight is 346 g/mol. The van der Waals surface area contributed by atoms with Crippen molar-refractivity contribution in [3.63, 3.8) is 0 Å². The minimum absolute atomic E-state index is 0.0306. The van der Waals surface area contributed by atoms with Gasteiger partial charge in [0.15, 0.2) is 0 Å². The Labute approximate surface area is 145 Å². The van der Waals surface area contributed by atoms with Crippen LogP contribution in [0.25, 0.3) is 0 Å². The largest absolute Gasteiger partial charge is 0.494 e. The molecule has 0 aromatic heterocycles. The maximum absolute atomic E-state index is 11.8. The highest BCUT2D eigenvalue weighted by molar-refractivity contribution is 5.94. The lowest BCUT2D eigenvalue weighted by atomic mass is 10.0. The molecule has 1 aliphatic carbocycles. The third-order valence-electron chi connectivity index (χ3n) is 4.72. The molecule has 7 nitrogen and oxygen atoms in total. The zero-order chi connectivity index (χ0) is 17.9. The summed E-state index contributed by atoms with van der Waals surface area (Å²) >= 11 is 0. The van der Waals surface area contributed by atoms with Crippen LogP contribution in [0.5, 0.6) is 5.75 Å². The van der Waals surface area contributed by atoms with Crippen LogP contribution in [0.1, 0.15) is 37.7 Å². The summed E-state index contributed by atoms with van der Waals surface area (Å²) in [5.41, 5.74) is 1.15. The summed E-state index contributed by atoms with van der Waals surface area (Å²) < 4.78 is 5.66. The number of benzene rings is 1. The molecule has 2 aliphatic rings. The van der Waals surface area contributed by atoms with E-state index in [9.17, 15) is 14.4 Å². The van der Waals surface area contributed by atoms with Gasteiger partial charge in [0.2, 0.25) is 11.8 Å². The maximum atomic E-state index is 11.8. The number of amides is 2. The molecule has 3 rings (SSSR count). The van der Waals surface area contributed by atoms with Crippen LogP contribution < -0.4 is 15.4 Å². The summed E-state index contributed by atoms with van der Waals surface area (Å²) in [5.74, 6) is -0.231. The molecule has 1 aliphatic heterocycles. The summed E-state index contributed by atoms with van der Waals surface area (Å²) in [6.07, 6.45) is 3.30. The third kappa shape index (κ3) is 4.29. The van der Waals surface area contributed by atoms with Crippen LogP contribution in [-0.2, 0) is 20.8 Å². The standard InChI is InChI=1S/C18H22N2O5/c21-15(19-11-18(7-8-18)17(23)24)2-1-9-25-13-4-5-14-12(10-13)3-6-16(22)20-14/h4-5,10H,1-3,6-9,11H2,(H,19,21)(H,20,22)(H,23,24). The molecule has 1 aromatic carbocycles. The molecule has 3 N–H and O–H groups in total. The molecule has 7 heteroatoms. The average Bonchev–Trinajstić information content (AvgIpc) is 3.38. The molecule has 0 saturated heterocycles. The van der Waals surface area contributed by atoms with E-state index in [1.807, 2.05) is 12.1 Å². The number of rotatable bonds is 8. The Bertz CT molecular complexity index is 697. The number of carboxylic acid groups (broad SMARTS) is 1. The van der Waals surface area contributed by atoms with Crippen LogP contribution in [0, 0.1) is 5.41 Å². The first-order valence-electron chi connectivity index (χ1n) is 8.54. The lowest BCUT2D eigenvalue weighted by molar-refractivity contribution is -0.143. The Morgan fingerprint density at radius 3 is 2.80 bits per heavy atom. The lowest BCUT2D eigenvalue weighted by Crippen LogP contribution is -2.34. The van der Waals surface area contributed by atoms with Crippen molar-refractivity contribution in [1.82, 2.24) is 5.32 Å². The number of hydrogen-bond acceptors (Lipinski definition) is 4. The van der Waals surface area contributed by atoms with Crippen molar-refractivity contribution >= 4 is 23.5 Å². The van der Waals surface area contributed by atoms with E-state index < -0.39 is 11.4 Å². The van der Waals surface area contributed by atoms with Gasteiger partial charge >= 0.3 is 5.97 Å². The molecule has 1 saturated carbocycles. The summed E-state index contributed by atoms with van der Waals surface area (Å²) in [6, 6.07) is 5.54. The van der Waals surface area contributed by atoms with Crippen LogP contribution >= 0.6 is 0 Å². The zero-order valence-corrected chi connectivity index (χ0v) is 14.0. The second kappa shape index (κ2) is 7.13. The van der Waals surface area contributed by atoms with Crippen LogP contribution in [0.15, 0.2) is 18.2 Å². The van der Waals surface area contributed by atoms with E-state index in [1.54, 1.807) is 6.07 Å². The van der Waals surface area contributed by atoms with Gasteiger partial charge in [-0.05, 0) is 49.4 Å². The Balaban J connectivity index is 1.36. The highest BCUT2D eigenvalue weighted by Gasteiger charge is 2.50. The second-order valence-electron chi connectivity index (χ2n) is 6.68. The molecule has 0 bridgehead atoms. The number of ether oxygens (including phenoxy) is 1. The number of aryl methyl sites for hydroxylation is 1. The molecule has 2 amide bonds. The molecular formula is C18H22N2O5. The van der Waals surface area contributed by atoms with E-state index in [4.69, 9.17) is 9.84 Å². The van der Waals surface area contributed by atoms with Gasteiger partial charge in [-0.3, -0.25) is 14.4 Å². The normalized spacial score (nSPS) is 17.2. The summed E-state index contributed by atoms with van der Waals surface area (Å²) in [6.45, 7) is 0.612. The van der Waals surface area contributed by atoms with Gasteiger partial charge in [-0.25, -0.2) is 0 Å². The predicted octanol–water partition coefficient (Wildman–Crippen LogP) is 1.71. The molecule has 1 aromatic rings. The van der Waals surface area contributed by atoms with Gasteiger partial charge in [-0.1, -0.05) is 0 Å². The van der Waals surface area contributed by atoms with Crippen LogP contribution in [0.2, 0.25) is 0 Å². The molecule has 1 heterocycles. The van der Waals surface area contributed by atoms with Crippen LogP contribution in [0.4, 0.5) is 5.69 Å². The number of nitrogens with one attached hydrogen (secondary N) is 2. The predicted molar refractivity (Wildman–Crippen MR) is 90.4 cm³/mol. The van der Waals surface area contributed by atoms with Crippen molar-refractivity contribution in [3.8, 4) is 5.75 Å². The lowest BCUT2D eigenvalue weighted by Gasteiger charge is -2.17. The van der Waals surface area contributed by atoms with E-state index in [-0.39, 0.29) is 18.4 Å². The summed E-state index contributed by atoms with van der Waals surface area (Å²) in [5, 5.41) is 14.6. The second-order valence-corrected chi connectivity index (χ2v) is 6.68. The first-order valence-corrected chi connectivity index (χ1v) is 8.54. The van der Waals surface area contributed by atoms with Gasteiger partial charge in [0.05, 0.1) is 12.0 Å². The fourth-order valence-corrected chi connectivity index (χ4v) is 2.85. The van der Waals surface area contributed by atoms with Crippen LogP contribution in [-0.4, -0.2) is 36.0 Å². The van der Waals surface area contributed by atoms with Crippen molar-refractivity contribution in [2.45, 2.75) is 38.5 Å². The van der Waals surface area contributed by atoms with Crippen molar-refractivity contribution in [2.24, 2.45) is 5.41 Å². The van der Waals surface area contributed by atoms with Crippen molar-refractivity contribution in [3.05, 3.63) is 23.8 Å². The van der Waals surface area contributed by atoms with E-state index in [1.165, 1.54) is 0 Å². The Kier molecular flexibility index (Phi) is 4.92. The minimum atomic E-state index is -0.834. The van der Waals surface area contributed by atoms with Crippen molar-refractivity contribution in [2.75, 3.05) is 18.5 Å². The molecule has 0 radical (unpaired) electrons. The molecular weight excluding hydrogens is 324 g/mol. The first-order chi connectivity index (χ1) is 12.0. The zero-order valence-electron chi connectivity index (χ0n) is 14.0. The van der Waals surface area contributed by atoms with Gasteiger partial charge in [0, 0.05) is 25.1 Å². The van der Waals surface area contributed by atoms with Crippen molar-refractivity contribution < 1.29 is 24.2 Å². The number of carboxylic acids is 1. The van der Waals surface area contributed by atoms with Gasteiger partial charge in [0.1, 0.15) is 5.75 Å². The topological polar surface area (TPSA) is 105 Å². The SMILES string of the molecule is O=C(CCCOc1ccc2c(c1)CCC(=O)N2)NCC1(C(=O)O)CC1. The number of carbonyl (C=O) groups is 3. The number of hydrogen-bond donors (Lipinski definition) is 3. The summed E-state index contributed by atoms with van der Waals surface area (Å²) in [7, 11) is 0. The molecule has 0 unspecified atom stereocenters. The summed E-state index contributed by atoms with van der Waals surface area (Å²) in [4.78, 5) is 34.1. The van der Waals surface area contributed by atoms with Gasteiger partial charge in [-0.15, -0.1) is 0 Å². The maximum Gasteiger partial charge on any atom is 0.311 e.